The van der Waals surface area contributed by atoms with E-state index in [1.54, 1.807) is 0 Å². The van der Waals surface area contributed by atoms with E-state index in [2.05, 4.69) is 39.0 Å². The maximum absolute atomic E-state index is 4.44. The van der Waals surface area contributed by atoms with Gasteiger partial charge in [-0.3, -0.25) is 4.98 Å². The number of aryl methyl sites for hydroxylation is 1. The van der Waals surface area contributed by atoms with E-state index in [1.165, 1.54) is 36.8 Å². The molecule has 0 spiro atoms. The summed E-state index contributed by atoms with van der Waals surface area (Å²) < 4.78 is 2.30. The Morgan fingerprint density at radius 3 is 2.95 bits per heavy atom. The smallest absolute Gasteiger partial charge is 0.203 e. The van der Waals surface area contributed by atoms with E-state index in [1.807, 2.05) is 18.6 Å². The van der Waals surface area contributed by atoms with Gasteiger partial charge in [-0.05, 0) is 37.0 Å². The van der Waals surface area contributed by atoms with Gasteiger partial charge in [0.15, 0.2) is 0 Å². The zero-order valence-electron chi connectivity index (χ0n) is 11.3. The highest BCUT2D eigenvalue weighted by molar-refractivity contribution is 5.31. The average Bonchev–Trinajstić information content (AvgIpc) is 3.08. The van der Waals surface area contributed by atoms with E-state index >= 15 is 0 Å². The first-order valence-corrected chi connectivity index (χ1v) is 7.01. The number of hydrogen-bond acceptors (Lipinski definition) is 3. The summed E-state index contributed by atoms with van der Waals surface area (Å²) in [7, 11) is 0. The number of nitrogens with zero attached hydrogens (tertiary/aromatic N) is 3. The third-order valence-electron chi connectivity index (χ3n) is 3.96. The lowest BCUT2D eigenvalue weighted by Crippen LogP contribution is -2.11. The molecule has 1 fully saturated rings. The van der Waals surface area contributed by atoms with Crippen LogP contribution in [0.4, 0.5) is 5.95 Å². The predicted molar refractivity (Wildman–Crippen MR) is 76.0 cm³/mol. The first-order valence-electron chi connectivity index (χ1n) is 7.01. The summed E-state index contributed by atoms with van der Waals surface area (Å²) in [5, 5.41) is 3.45. The summed E-state index contributed by atoms with van der Waals surface area (Å²) >= 11 is 0. The second-order valence-corrected chi connectivity index (χ2v) is 5.25. The van der Waals surface area contributed by atoms with Gasteiger partial charge >= 0.3 is 0 Å². The predicted octanol–water partition coefficient (Wildman–Crippen LogP) is 3.31. The Labute approximate surface area is 113 Å². The molecule has 0 atom stereocenters. The average molecular weight is 256 g/mol. The molecule has 2 heterocycles. The molecular weight excluding hydrogens is 236 g/mol. The fourth-order valence-corrected chi connectivity index (χ4v) is 2.80. The number of anilines is 1. The number of rotatable bonds is 4. The molecule has 1 aliphatic carbocycles. The standard InChI is InChI=1S/C15H20N4/c1-12-10-16-7-6-13(12)11-18-15-17-8-9-19(15)14-4-2-3-5-14/h6-10,14H,2-5,11H2,1H3,(H,17,18). The van der Waals surface area contributed by atoms with E-state index in [0.717, 1.165) is 12.5 Å². The number of aromatic nitrogens is 3. The van der Waals surface area contributed by atoms with E-state index in [0.29, 0.717) is 6.04 Å². The van der Waals surface area contributed by atoms with E-state index in [4.69, 9.17) is 0 Å². The molecule has 2 aromatic heterocycles. The maximum atomic E-state index is 4.44. The Bertz CT molecular complexity index is 541. The molecule has 2 aromatic rings. The number of imidazole rings is 1. The van der Waals surface area contributed by atoms with Crippen molar-refractivity contribution in [3.63, 3.8) is 0 Å². The van der Waals surface area contributed by atoms with Crippen LogP contribution in [0, 0.1) is 6.92 Å². The Balaban J connectivity index is 1.70. The molecule has 1 saturated carbocycles. The SMILES string of the molecule is Cc1cnccc1CNc1nccn1C1CCCC1. The Kier molecular flexibility index (Phi) is 3.49. The summed E-state index contributed by atoms with van der Waals surface area (Å²) in [6, 6.07) is 2.69. The molecule has 0 aromatic carbocycles. The fraction of sp³-hybridized carbons (Fsp3) is 0.467. The molecule has 1 aliphatic rings. The molecule has 19 heavy (non-hydrogen) atoms. The van der Waals surface area contributed by atoms with Gasteiger partial charge in [0.2, 0.25) is 5.95 Å². The number of hydrogen-bond donors (Lipinski definition) is 1. The van der Waals surface area contributed by atoms with Gasteiger partial charge in [0.05, 0.1) is 0 Å². The first-order chi connectivity index (χ1) is 9.34. The molecule has 100 valence electrons. The van der Waals surface area contributed by atoms with Crippen LogP contribution in [-0.4, -0.2) is 14.5 Å². The van der Waals surface area contributed by atoms with Gasteiger partial charge in [-0.15, -0.1) is 0 Å². The highest BCUT2D eigenvalue weighted by atomic mass is 15.2. The highest BCUT2D eigenvalue weighted by Gasteiger charge is 2.18. The van der Waals surface area contributed by atoms with Crippen molar-refractivity contribution in [2.75, 3.05) is 5.32 Å². The highest BCUT2D eigenvalue weighted by Crippen LogP contribution is 2.31. The van der Waals surface area contributed by atoms with Crippen LogP contribution in [0.2, 0.25) is 0 Å². The van der Waals surface area contributed by atoms with Crippen LogP contribution in [0.1, 0.15) is 42.9 Å². The van der Waals surface area contributed by atoms with Gasteiger partial charge in [-0.1, -0.05) is 12.8 Å². The summed E-state index contributed by atoms with van der Waals surface area (Å²) in [5.74, 6) is 0.989. The Morgan fingerprint density at radius 2 is 2.16 bits per heavy atom. The van der Waals surface area contributed by atoms with Gasteiger partial charge in [0, 0.05) is 37.4 Å². The van der Waals surface area contributed by atoms with Crippen molar-refractivity contribution < 1.29 is 0 Å². The van der Waals surface area contributed by atoms with Gasteiger partial charge in [-0.2, -0.15) is 0 Å². The van der Waals surface area contributed by atoms with Crippen LogP contribution >= 0.6 is 0 Å². The summed E-state index contributed by atoms with van der Waals surface area (Å²) in [4.78, 5) is 8.56. The van der Waals surface area contributed by atoms with Crippen molar-refractivity contribution in [2.45, 2.75) is 45.2 Å². The number of pyridine rings is 1. The normalized spacial score (nSPS) is 15.8. The third-order valence-corrected chi connectivity index (χ3v) is 3.96. The van der Waals surface area contributed by atoms with Crippen LogP contribution in [-0.2, 0) is 6.54 Å². The molecule has 0 amide bonds. The number of nitrogens with one attached hydrogen (secondary N) is 1. The Morgan fingerprint density at radius 1 is 1.32 bits per heavy atom. The Hall–Kier alpha value is -1.84. The summed E-state index contributed by atoms with van der Waals surface area (Å²) in [6.07, 6.45) is 13.0. The van der Waals surface area contributed by atoms with Gasteiger partial charge < -0.3 is 9.88 Å². The topological polar surface area (TPSA) is 42.7 Å². The lowest BCUT2D eigenvalue weighted by Gasteiger charge is -2.16. The quantitative estimate of drug-likeness (QED) is 0.912. The molecule has 1 N–H and O–H groups in total. The van der Waals surface area contributed by atoms with Gasteiger partial charge in [-0.25, -0.2) is 4.98 Å². The summed E-state index contributed by atoms with van der Waals surface area (Å²) in [5.41, 5.74) is 2.49. The lowest BCUT2D eigenvalue weighted by molar-refractivity contribution is 0.523. The zero-order chi connectivity index (χ0) is 13.1. The second-order valence-electron chi connectivity index (χ2n) is 5.25. The summed E-state index contributed by atoms with van der Waals surface area (Å²) in [6.45, 7) is 2.89. The van der Waals surface area contributed by atoms with Crippen molar-refractivity contribution in [1.29, 1.82) is 0 Å². The fourth-order valence-electron chi connectivity index (χ4n) is 2.80. The van der Waals surface area contributed by atoms with Gasteiger partial charge in [0.25, 0.3) is 0 Å². The minimum atomic E-state index is 0.628. The minimum Gasteiger partial charge on any atom is -0.352 e. The van der Waals surface area contributed by atoms with Crippen LogP contribution in [0.25, 0.3) is 0 Å². The third kappa shape index (κ3) is 2.62. The minimum absolute atomic E-state index is 0.628. The molecule has 0 unspecified atom stereocenters. The molecule has 4 nitrogen and oxygen atoms in total. The molecule has 3 rings (SSSR count). The monoisotopic (exact) mass is 256 g/mol. The van der Waals surface area contributed by atoms with Crippen LogP contribution in [0.5, 0.6) is 0 Å². The van der Waals surface area contributed by atoms with Crippen LogP contribution in [0.3, 0.4) is 0 Å². The van der Waals surface area contributed by atoms with E-state index < -0.39 is 0 Å². The van der Waals surface area contributed by atoms with Crippen molar-refractivity contribution in [3.05, 3.63) is 42.0 Å². The van der Waals surface area contributed by atoms with E-state index in [9.17, 15) is 0 Å². The van der Waals surface area contributed by atoms with Crippen molar-refractivity contribution in [2.24, 2.45) is 0 Å². The van der Waals surface area contributed by atoms with Crippen LogP contribution < -0.4 is 5.32 Å². The largest absolute Gasteiger partial charge is 0.352 e. The molecule has 0 radical (unpaired) electrons. The molecule has 0 aliphatic heterocycles. The van der Waals surface area contributed by atoms with Crippen molar-refractivity contribution in [3.8, 4) is 0 Å². The molecule has 0 bridgehead atoms. The molecular formula is C15H20N4. The second kappa shape index (κ2) is 5.43. The zero-order valence-corrected chi connectivity index (χ0v) is 11.3. The van der Waals surface area contributed by atoms with Crippen LogP contribution in [0.15, 0.2) is 30.9 Å². The maximum Gasteiger partial charge on any atom is 0.203 e. The van der Waals surface area contributed by atoms with E-state index in [-0.39, 0.29) is 0 Å². The molecule has 0 saturated heterocycles. The first kappa shape index (κ1) is 12.2. The van der Waals surface area contributed by atoms with Gasteiger partial charge in [0.1, 0.15) is 0 Å². The molecule has 4 heteroatoms. The van der Waals surface area contributed by atoms with Crippen molar-refractivity contribution in [1.82, 2.24) is 14.5 Å². The van der Waals surface area contributed by atoms with Crippen molar-refractivity contribution >= 4 is 5.95 Å². The lowest BCUT2D eigenvalue weighted by atomic mass is 10.1.